The van der Waals surface area contributed by atoms with Gasteiger partial charge in [0.25, 0.3) is 0 Å². The van der Waals surface area contributed by atoms with Crippen molar-refractivity contribution in [2.75, 3.05) is 5.73 Å². The minimum atomic E-state index is -0.570. The van der Waals surface area contributed by atoms with E-state index in [1.807, 2.05) is 0 Å². The van der Waals surface area contributed by atoms with E-state index >= 15 is 0 Å². The van der Waals surface area contributed by atoms with Gasteiger partial charge in [0, 0.05) is 11.8 Å². The molecular weight excluding hydrogens is 252 g/mol. The highest BCUT2D eigenvalue weighted by Gasteiger charge is 2.08. The number of amides is 1. The molecule has 0 fully saturated rings. The van der Waals surface area contributed by atoms with Gasteiger partial charge in [0.15, 0.2) is 0 Å². The average Bonchev–Trinajstić information content (AvgIpc) is 2.32. The summed E-state index contributed by atoms with van der Waals surface area (Å²) in [6, 6.07) is 11.6. The highest BCUT2D eigenvalue weighted by molar-refractivity contribution is 6.33. The Bertz CT molecular complexity index is 582. The zero-order chi connectivity index (χ0) is 13.1. The lowest BCUT2D eigenvalue weighted by Crippen LogP contribution is -2.11. The lowest BCUT2D eigenvalue weighted by molar-refractivity contribution is 0.100. The molecule has 92 valence electrons. The Hall–Kier alpha value is -2.20. The first kappa shape index (κ1) is 12.3. The number of carbonyl (C=O) groups is 1. The monoisotopic (exact) mass is 262 g/mol. The molecule has 4 nitrogen and oxygen atoms in total. The fraction of sp³-hybridized carbons (Fsp3) is 0. The zero-order valence-corrected chi connectivity index (χ0v) is 10.1. The summed E-state index contributed by atoms with van der Waals surface area (Å²) in [7, 11) is 0. The number of benzene rings is 2. The second kappa shape index (κ2) is 4.98. The van der Waals surface area contributed by atoms with Gasteiger partial charge in [0.1, 0.15) is 11.5 Å². The zero-order valence-electron chi connectivity index (χ0n) is 9.39. The van der Waals surface area contributed by atoms with E-state index in [1.54, 1.807) is 30.3 Å². The van der Waals surface area contributed by atoms with Crippen molar-refractivity contribution in [1.82, 2.24) is 0 Å². The highest BCUT2D eigenvalue weighted by Crippen LogP contribution is 2.27. The molecule has 2 aromatic rings. The molecule has 2 aromatic carbocycles. The van der Waals surface area contributed by atoms with Crippen molar-refractivity contribution in [1.29, 1.82) is 0 Å². The second-order valence-electron chi connectivity index (χ2n) is 3.68. The molecule has 0 aliphatic rings. The smallest absolute Gasteiger partial charge is 0.250 e. The van der Waals surface area contributed by atoms with Gasteiger partial charge in [-0.3, -0.25) is 4.79 Å². The number of anilines is 1. The molecule has 0 spiro atoms. The fourth-order valence-electron chi connectivity index (χ4n) is 1.43. The largest absolute Gasteiger partial charge is 0.457 e. The Labute approximate surface area is 109 Å². The maximum atomic E-state index is 11.0. The Morgan fingerprint density at radius 1 is 1.06 bits per heavy atom. The molecule has 18 heavy (non-hydrogen) atoms. The molecule has 0 aliphatic carbocycles. The minimum absolute atomic E-state index is 0.260. The summed E-state index contributed by atoms with van der Waals surface area (Å²) in [4.78, 5) is 11.0. The van der Waals surface area contributed by atoms with Crippen LogP contribution in [0.1, 0.15) is 10.4 Å². The van der Waals surface area contributed by atoms with Crippen LogP contribution in [0.4, 0.5) is 5.69 Å². The van der Waals surface area contributed by atoms with Crippen molar-refractivity contribution in [3.63, 3.8) is 0 Å². The number of hydrogen-bond donors (Lipinski definition) is 2. The average molecular weight is 263 g/mol. The van der Waals surface area contributed by atoms with Crippen LogP contribution in [0.15, 0.2) is 42.5 Å². The molecular formula is C13H11ClN2O2. The summed E-state index contributed by atoms with van der Waals surface area (Å²) in [6.45, 7) is 0. The van der Waals surface area contributed by atoms with Gasteiger partial charge in [-0.1, -0.05) is 11.6 Å². The number of rotatable bonds is 3. The Morgan fingerprint density at radius 3 is 2.22 bits per heavy atom. The third kappa shape index (κ3) is 2.73. The van der Waals surface area contributed by atoms with E-state index < -0.39 is 5.91 Å². The number of halogens is 1. The Kier molecular flexibility index (Phi) is 3.39. The summed E-state index contributed by atoms with van der Waals surface area (Å²) in [6.07, 6.45) is 0. The first-order valence-electron chi connectivity index (χ1n) is 5.19. The quantitative estimate of drug-likeness (QED) is 0.835. The summed E-state index contributed by atoms with van der Waals surface area (Å²) < 4.78 is 5.56. The molecule has 4 N–H and O–H groups in total. The molecule has 0 saturated heterocycles. The van der Waals surface area contributed by atoms with E-state index in [4.69, 9.17) is 27.8 Å². The first-order valence-corrected chi connectivity index (χ1v) is 5.57. The van der Waals surface area contributed by atoms with E-state index in [-0.39, 0.29) is 10.6 Å². The summed E-state index contributed by atoms with van der Waals surface area (Å²) >= 11 is 5.92. The lowest BCUT2D eigenvalue weighted by Gasteiger charge is -2.07. The third-order valence-corrected chi connectivity index (χ3v) is 2.63. The second-order valence-corrected chi connectivity index (χ2v) is 4.08. The summed E-state index contributed by atoms with van der Waals surface area (Å²) in [5.74, 6) is 0.584. The van der Waals surface area contributed by atoms with Crippen LogP contribution in [0, 0.1) is 0 Å². The van der Waals surface area contributed by atoms with Gasteiger partial charge >= 0.3 is 0 Å². The SMILES string of the molecule is NC(=O)c1ccc(Oc2ccc(N)cc2)cc1Cl. The molecule has 0 heterocycles. The van der Waals surface area contributed by atoms with Gasteiger partial charge in [-0.2, -0.15) is 0 Å². The lowest BCUT2D eigenvalue weighted by atomic mass is 10.2. The predicted molar refractivity (Wildman–Crippen MR) is 70.9 cm³/mol. The molecule has 0 radical (unpaired) electrons. The molecule has 5 heteroatoms. The topological polar surface area (TPSA) is 78.3 Å². The number of ether oxygens (including phenoxy) is 1. The van der Waals surface area contributed by atoms with Crippen molar-refractivity contribution in [2.45, 2.75) is 0 Å². The van der Waals surface area contributed by atoms with Crippen LogP contribution in [0.3, 0.4) is 0 Å². The van der Waals surface area contributed by atoms with Crippen molar-refractivity contribution >= 4 is 23.2 Å². The van der Waals surface area contributed by atoms with Crippen molar-refractivity contribution < 1.29 is 9.53 Å². The molecule has 0 atom stereocenters. The Morgan fingerprint density at radius 2 is 1.67 bits per heavy atom. The van der Waals surface area contributed by atoms with Gasteiger partial charge in [-0.05, 0) is 36.4 Å². The molecule has 0 aliphatic heterocycles. The van der Waals surface area contributed by atoms with E-state index in [0.717, 1.165) is 0 Å². The van der Waals surface area contributed by atoms with Gasteiger partial charge in [-0.15, -0.1) is 0 Å². The van der Waals surface area contributed by atoms with Crippen LogP contribution in [-0.2, 0) is 0 Å². The normalized spacial score (nSPS) is 10.1. The molecule has 1 amide bonds. The van der Waals surface area contributed by atoms with Gasteiger partial charge < -0.3 is 16.2 Å². The maximum absolute atomic E-state index is 11.0. The van der Waals surface area contributed by atoms with E-state index in [9.17, 15) is 4.79 Å². The van der Waals surface area contributed by atoms with E-state index in [1.165, 1.54) is 12.1 Å². The van der Waals surface area contributed by atoms with Crippen LogP contribution < -0.4 is 16.2 Å². The summed E-state index contributed by atoms with van der Waals surface area (Å²) in [5, 5.41) is 0.260. The number of hydrogen-bond acceptors (Lipinski definition) is 3. The molecule has 0 unspecified atom stereocenters. The number of nitrogen functional groups attached to an aromatic ring is 1. The van der Waals surface area contributed by atoms with Gasteiger partial charge in [0.2, 0.25) is 5.91 Å². The molecule has 0 bridgehead atoms. The maximum Gasteiger partial charge on any atom is 0.250 e. The molecule has 0 saturated carbocycles. The van der Waals surface area contributed by atoms with Crippen LogP contribution in [0.25, 0.3) is 0 Å². The van der Waals surface area contributed by atoms with Crippen LogP contribution in [-0.4, -0.2) is 5.91 Å². The molecule has 0 aromatic heterocycles. The first-order chi connectivity index (χ1) is 8.56. The van der Waals surface area contributed by atoms with E-state index in [2.05, 4.69) is 0 Å². The highest BCUT2D eigenvalue weighted by atomic mass is 35.5. The van der Waals surface area contributed by atoms with Crippen LogP contribution in [0.5, 0.6) is 11.5 Å². The van der Waals surface area contributed by atoms with Gasteiger partial charge in [-0.25, -0.2) is 0 Å². The Balaban J connectivity index is 2.22. The molecule has 2 rings (SSSR count). The standard InChI is InChI=1S/C13H11ClN2O2/c14-12-7-10(5-6-11(12)13(16)17)18-9-3-1-8(15)2-4-9/h1-7H,15H2,(H2,16,17). The summed E-state index contributed by atoms with van der Waals surface area (Å²) in [5.41, 5.74) is 11.6. The number of carbonyl (C=O) groups excluding carboxylic acids is 1. The number of nitrogens with two attached hydrogens (primary N) is 2. The third-order valence-electron chi connectivity index (χ3n) is 2.32. The van der Waals surface area contributed by atoms with Gasteiger partial charge in [0.05, 0.1) is 10.6 Å². The fourth-order valence-corrected chi connectivity index (χ4v) is 1.69. The van der Waals surface area contributed by atoms with Crippen molar-refractivity contribution in [3.8, 4) is 11.5 Å². The van der Waals surface area contributed by atoms with Crippen molar-refractivity contribution in [3.05, 3.63) is 53.1 Å². The minimum Gasteiger partial charge on any atom is -0.457 e. The van der Waals surface area contributed by atoms with Crippen LogP contribution in [0.2, 0.25) is 5.02 Å². The number of primary amides is 1. The van der Waals surface area contributed by atoms with E-state index in [0.29, 0.717) is 17.2 Å². The predicted octanol–water partition coefficient (Wildman–Crippen LogP) is 2.81. The van der Waals surface area contributed by atoms with Crippen molar-refractivity contribution in [2.24, 2.45) is 5.73 Å². The van der Waals surface area contributed by atoms with Crippen LogP contribution >= 0.6 is 11.6 Å².